The van der Waals surface area contributed by atoms with Crippen LogP contribution >= 0.6 is 0 Å². The van der Waals surface area contributed by atoms with E-state index >= 15 is 0 Å². The van der Waals surface area contributed by atoms with Crippen molar-refractivity contribution in [1.82, 2.24) is 15.3 Å². The van der Waals surface area contributed by atoms with Gasteiger partial charge in [0.15, 0.2) is 0 Å². The van der Waals surface area contributed by atoms with Gasteiger partial charge in [-0.1, -0.05) is 6.07 Å². The number of nitrogens with one attached hydrogen (secondary N) is 2. The molecule has 1 saturated carbocycles. The summed E-state index contributed by atoms with van der Waals surface area (Å²) < 4.78 is 4.94. The van der Waals surface area contributed by atoms with Gasteiger partial charge in [-0.25, -0.2) is 9.78 Å². The Hall–Kier alpha value is -2.14. The van der Waals surface area contributed by atoms with E-state index in [1.54, 1.807) is 0 Å². The van der Waals surface area contributed by atoms with Crippen LogP contribution < -0.4 is 5.32 Å². The summed E-state index contributed by atoms with van der Waals surface area (Å²) in [5.74, 6) is 1.21. The van der Waals surface area contributed by atoms with Gasteiger partial charge in [0, 0.05) is 37.2 Å². The number of benzene rings is 1. The van der Waals surface area contributed by atoms with Crippen LogP contribution in [0.3, 0.4) is 0 Å². The lowest BCUT2D eigenvalue weighted by molar-refractivity contribution is 0.0600. The third-order valence-electron chi connectivity index (χ3n) is 5.03. The lowest BCUT2D eigenvalue weighted by atomic mass is 9.95. The van der Waals surface area contributed by atoms with E-state index in [1.807, 2.05) is 13.0 Å². The fourth-order valence-corrected chi connectivity index (χ4v) is 3.53. The highest BCUT2D eigenvalue weighted by Crippen LogP contribution is 2.45. The van der Waals surface area contributed by atoms with Gasteiger partial charge in [-0.2, -0.15) is 0 Å². The minimum Gasteiger partial charge on any atom is -0.465 e. The average molecular weight is 325 g/mol. The summed E-state index contributed by atoms with van der Waals surface area (Å²) in [6.07, 6.45) is 4.35. The van der Waals surface area contributed by atoms with Crippen molar-refractivity contribution < 1.29 is 9.53 Å². The molecule has 1 aromatic heterocycles. The number of hydrogen-bond donors (Lipinski definition) is 2. The Morgan fingerprint density at radius 3 is 2.79 bits per heavy atom. The highest BCUT2D eigenvalue weighted by Gasteiger charge is 2.29. The fraction of sp³-hybridized carbons (Fsp3) is 0.474. The number of aromatic amines is 1. The summed E-state index contributed by atoms with van der Waals surface area (Å²) >= 11 is 0. The predicted molar refractivity (Wildman–Crippen MR) is 92.4 cm³/mol. The van der Waals surface area contributed by atoms with Crippen molar-refractivity contribution in [3.8, 4) is 11.4 Å². The molecule has 1 aliphatic heterocycles. The third kappa shape index (κ3) is 2.73. The molecule has 2 heterocycles. The maximum atomic E-state index is 12.1. The van der Waals surface area contributed by atoms with Crippen LogP contribution in [0.1, 0.15) is 51.6 Å². The van der Waals surface area contributed by atoms with Crippen molar-refractivity contribution in [3.05, 3.63) is 40.2 Å². The zero-order valence-corrected chi connectivity index (χ0v) is 14.2. The van der Waals surface area contributed by atoms with Gasteiger partial charge in [-0.3, -0.25) is 0 Å². The smallest absolute Gasteiger partial charge is 0.338 e. The van der Waals surface area contributed by atoms with E-state index in [9.17, 15) is 4.79 Å². The van der Waals surface area contributed by atoms with Crippen molar-refractivity contribution in [3.63, 3.8) is 0 Å². The number of nitrogens with zero attached hydrogens (tertiary/aromatic N) is 1. The molecule has 2 aromatic rings. The second-order valence-electron chi connectivity index (χ2n) is 6.78. The summed E-state index contributed by atoms with van der Waals surface area (Å²) in [5, 5.41) is 3.40. The van der Waals surface area contributed by atoms with Gasteiger partial charge in [0.1, 0.15) is 5.82 Å². The van der Waals surface area contributed by atoms with Crippen LogP contribution in [0.2, 0.25) is 0 Å². The molecule has 5 heteroatoms. The molecular formula is C19H23N3O2. The molecule has 2 aliphatic rings. The number of methoxy groups -OCH3 is 1. The fourth-order valence-electron chi connectivity index (χ4n) is 3.53. The molecule has 1 aromatic carbocycles. The lowest BCUT2D eigenvalue weighted by Gasteiger charge is -2.12. The van der Waals surface area contributed by atoms with Crippen molar-refractivity contribution in [2.24, 2.45) is 0 Å². The first kappa shape index (κ1) is 15.4. The molecule has 1 fully saturated rings. The first-order valence-corrected chi connectivity index (χ1v) is 8.69. The molecule has 0 atom stereocenters. The maximum absolute atomic E-state index is 12.1. The van der Waals surface area contributed by atoms with Gasteiger partial charge >= 0.3 is 5.97 Å². The molecule has 5 nitrogen and oxygen atoms in total. The molecule has 0 amide bonds. The number of imidazole rings is 1. The van der Waals surface area contributed by atoms with E-state index in [0.717, 1.165) is 48.6 Å². The number of esters is 1. The Morgan fingerprint density at radius 2 is 2.04 bits per heavy atom. The van der Waals surface area contributed by atoms with E-state index < -0.39 is 0 Å². The Labute approximate surface area is 141 Å². The minimum absolute atomic E-state index is 0.284. The molecule has 0 radical (unpaired) electrons. The van der Waals surface area contributed by atoms with Gasteiger partial charge in [0.2, 0.25) is 0 Å². The number of aromatic nitrogens is 2. The molecule has 126 valence electrons. The first-order valence-electron chi connectivity index (χ1n) is 8.69. The standard InChI is InChI=1S/C19H23N3O2/c1-11-9-14(12-3-4-12)15(10-13(11)19(23)24-2)18-21-16-5-7-20-8-6-17(16)22-18/h9-10,12,20H,3-8H2,1-2H3,(H,21,22). The predicted octanol–water partition coefficient (Wildman–Crippen LogP) is 2.74. The van der Waals surface area contributed by atoms with Gasteiger partial charge in [-0.15, -0.1) is 0 Å². The normalized spacial score (nSPS) is 17.2. The quantitative estimate of drug-likeness (QED) is 0.852. The summed E-state index contributed by atoms with van der Waals surface area (Å²) in [4.78, 5) is 20.5. The van der Waals surface area contributed by atoms with Crippen LogP contribution in [-0.2, 0) is 17.6 Å². The highest BCUT2D eigenvalue weighted by atomic mass is 16.5. The molecule has 0 unspecified atom stereocenters. The first-order chi connectivity index (χ1) is 11.7. The van der Waals surface area contributed by atoms with E-state index in [2.05, 4.69) is 16.4 Å². The number of fused-ring (bicyclic) bond motifs is 1. The zero-order chi connectivity index (χ0) is 16.7. The summed E-state index contributed by atoms with van der Waals surface area (Å²) in [6.45, 7) is 3.92. The second kappa shape index (κ2) is 6.06. The van der Waals surface area contributed by atoms with Crippen molar-refractivity contribution in [2.75, 3.05) is 20.2 Å². The topological polar surface area (TPSA) is 67.0 Å². The molecule has 1 aliphatic carbocycles. The Bertz CT molecular complexity index is 767. The van der Waals surface area contributed by atoms with Crippen molar-refractivity contribution in [2.45, 2.75) is 38.5 Å². The number of carbonyl (C=O) groups is 1. The monoisotopic (exact) mass is 325 g/mol. The Morgan fingerprint density at radius 1 is 1.25 bits per heavy atom. The van der Waals surface area contributed by atoms with Crippen LogP contribution in [0, 0.1) is 6.92 Å². The number of H-pyrrole nitrogens is 1. The van der Waals surface area contributed by atoms with Gasteiger partial charge < -0.3 is 15.0 Å². The second-order valence-corrected chi connectivity index (χ2v) is 6.78. The summed E-state index contributed by atoms with van der Waals surface area (Å²) in [6, 6.07) is 4.11. The van der Waals surface area contributed by atoms with Gasteiger partial charge in [-0.05, 0) is 42.9 Å². The molecule has 0 bridgehead atoms. The summed E-state index contributed by atoms with van der Waals surface area (Å²) in [7, 11) is 1.43. The van der Waals surface area contributed by atoms with Crippen molar-refractivity contribution >= 4 is 5.97 Å². The number of ether oxygens (including phenoxy) is 1. The minimum atomic E-state index is -0.284. The van der Waals surface area contributed by atoms with Crippen LogP contribution in [0.4, 0.5) is 0 Å². The number of aryl methyl sites for hydroxylation is 1. The third-order valence-corrected chi connectivity index (χ3v) is 5.03. The number of hydrogen-bond acceptors (Lipinski definition) is 4. The zero-order valence-electron chi connectivity index (χ0n) is 14.2. The Balaban J connectivity index is 1.82. The van der Waals surface area contributed by atoms with Crippen LogP contribution in [0.5, 0.6) is 0 Å². The summed E-state index contributed by atoms with van der Waals surface area (Å²) in [5.41, 5.74) is 6.34. The number of rotatable bonds is 3. The van der Waals surface area contributed by atoms with E-state index in [1.165, 1.54) is 31.2 Å². The van der Waals surface area contributed by atoms with Crippen LogP contribution in [0.25, 0.3) is 11.4 Å². The molecule has 2 N–H and O–H groups in total. The molecular weight excluding hydrogens is 302 g/mol. The van der Waals surface area contributed by atoms with E-state index in [0.29, 0.717) is 11.5 Å². The van der Waals surface area contributed by atoms with E-state index in [4.69, 9.17) is 9.72 Å². The van der Waals surface area contributed by atoms with E-state index in [-0.39, 0.29) is 5.97 Å². The van der Waals surface area contributed by atoms with Crippen LogP contribution in [-0.4, -0.2) is 36.1 Å². The molecule has 0 saturated heterocycles. The average Bonchev–Trinajstić information content (AvgIpc) is 3.39. The van der Waals surface area contributed by atoms with Crippen LogP contribution in [0.15, 0.2) is 12.1 Å². The molecule has 24 heavy (non-hydrogen) atoms. The SMILES string of the molecule is COC(=O)c1cc(-c2nc3c([nH]2)CCNCC3)c(C2CC2)cc1C. The largest absolute Gasteiger partial charge is 0.465 e. The van der Waals surface area contributed by atoms with Gasteiger partial charge in [0.25, 0.3) is 0 Å². The van der Waals surface area contributed by atoms with Gasteiger partial charge in [0.05, 0.1) is 18.4 Å². The molecule has 4 rings (SSSR count). The Kier molecular flexibility index (Phi) is 3.88. The lowest BCUT2D eigenvalue weighted by Crippen LogP contribution is -2.16. The molecule has 0 spiro atoms. The number of carbonyl (C=O) groups excluding carboxylic acids is 1. The maximum Gasteiger partial charge on any atom is 0.338 e. The van der Waals surface area contributed by atoms with Crippen molar-refractivity contribution in [1.29, 1.82) is 0 Å². The highest BCUT2D eigenvalue weighted by molar-refractivity contribution is 5.93.